The van der Waals surface area contributed by atoms with Crippen LogP contribution in [0.3, 0.4) is 0 Å². The second kappa shape index (κ2) is 3.73. The molecule has 86 valence electrons. The fourth-order valence-electron chi connectivity index (χ4n) is 1.98. The molecule has 2 aromatic rings. The molecule has 0 saturated heterocycles. The highest BCUT2D eigenvalue weighted by Crippen LogP contribution is 2.18. The SMILES string of the molecule is C[n+]1cn(-c2ccccc2)c2c1C=CO[NH+]2[O-]. The fraction of sp³-hybridized carbons (Fsp3) is 0.0833. The standard InChI is InChI=1S/C12H12N3O2/c1-13-9-14(10-5-3-2-4-6-10)12-11(13)7-8-17-15(12)16/h2-9,15H,1H3/q+1. The molecule has 1 atom stereocenters. The summed E-state index contributed by atoms with van der Waals surface area (Å²) in [5.41, 5.74) is 1.79. The first-order chi connectivity index (χ1) is 8.27. The summed E-state index contributed by atoms with van der Waals surface area (Å²) in [6.07, 6.45) is 5.08. The van der Waals surface area contributed by atoms with Gasteiger partial charge in [0.05, 0.1) is 7.05 Å². The highest BCUT2D eigenvalue weighted by Gasteiger charge is 2.31. The molecule has 0 amide bonds. The summed E-state index contributed by atoms with van der Waals surface area (Å²) >= 11 is 0. The molecule has 3 rings (SSSR count). The van der Waals surface area contributed by atoms with Crippen molar-refractivity contribution < 1.29 is 14.6 Å². The predicted octanol–water partition coefficient (Wildman–Crippen LogP) is 0.232. The maximum atomic E-state index is 11.8. The van der Waals surface area contributed by atoms with E-state index in [4.69, 9.17) is 4.84 Å². The van der Waals surface area contributed by atoms with Crippen molar-refractivity contribution in [2.75, 3.05) is 0 Å². The van der Waals surface area contributed by atoms with E-state index in [9.17, 15) is 5.21 Å². The molecule has 0 aliphatic carbocycles. The fourth-order valence-corrected chi connectivity index (χ4v) is 1.98. The number of aromatic nitrogens is 2. The van der Waals surface area contributed by atoms with Crippen LogP contribution in [0.25, 0.3) is 11.8 Å². The van der Waals surface area contributed by atoms with Crippen LogP contribution in [0.1, 0.15) is 5.69 Å². The molecule has 1 aromatic heterocycles. The number of aryl methyl sites for hydroxylation is 1. The summed E-state index contributed by atoms with van der Waals surface area (Å²) in [5.74, 6) is 0.557. The van der Waals surface area contributed by atoms with Gasteiger partial charge in [0.1, 0.15) is 5.69 Å². The molecule has 0 fully saturated rings. The molecular formula is C12H12N3O2+. The van der Waals surface area contributed by atoms with E-state index in [0.29, 0.717) is 5.82 Å². The van der Waals surface area contributed by atoms with Crippen LogP contribution in [0.2, 0.25) is 0 Å². The van der Waals surface area contributed by atoms with Gasteiger partial charge in [-0.3, -0.25) is 0 Å². The van der Waals surface area contributed by atoms with Crippen molar-refractivity contribution in [1.82, 2.24) is 4.57 Å². The van der Waals surface area contributed by atoms with Gasteiger partial charge in [-0.15, -0.1) is 9.79 Å². The number of para-hydroxylation sites is 1. The van der Waals surface area contributed by atoms with Crippen molar-refractivity contribution in [3.05, 3.63) is 53.8 Å². The van der Waals surface area contributed by atoms with Gasteiger partial charge in [-0.25, -0.2) is 4.57 Å². The first kappa shape index (κ1) is 10.1. The third-order valence-corrected chi connectivity index (χ3v) is 2.78. The summed E-state index contributed by atoms with van der Waals surface area (Å²) in [6.45, 7) is 0. The average Bonchev–Trinajstić information content (AvgIpc) is 2.70. The molecule has 5 heteroatoms. The highest BCUT2D eigenvalue weighted by atomic mass is 16.9. The maximum Gasteiger partial charge on any atom is 0.385 e. The summed E-state index contributed by atoms with van der Waals surface area (Å²) in [5, 5.41) is 11.5. The van der Waals surface area contributed by atoms with Gasteiger partial charge in [0, 0.05) is 6.08 Å². The first-order valence-corrected chi connectivity index (χ1v) is 5.31. The number of nitrogens with zero attached hydrogens (tertiary/aromatic N) is 2. The molecular weight excluding hydrogens is 218 g/mol. The second-order valence-corrected chi connectivity index (χ2v) is 3.87. The maximum absolute atomic E-state index is 11.8. The van der Waals surface area contributed by atoms with Crippen molar-refractivity contribution in [1.29, 1.82) is 0 Å². The Morgan fingerprint density at radius 1 is 1.29 bits per heavy atom. The van der Waals surface area contributed by atoms with Crippen LogP contribution in [0.15, 0.2) is 42.9 Å². The molecule has 1 unspecified atom stereocenters. The lowest BCUT2D eigenvalue weighted by Crippen LogP contribution is -3.01. The number of quaternary nitrogens is 1. The Bertz CT molecular complexity index is 575. The van der Waals surface area contributed by atoms with Crippen LogP contribution in [-0.4, -0.2) is 4.57 Å². The lowest BCUT2D eigenvalue weighted by atomic mass is 10.3. The molecule has 1 aliphatic rings. The lowest BCUT2D eigenvalue weighted by molar-refractivity contribution is -0.988. The van der Waals surface area contributed by atoms with E-state index >= 15 is 0 Å². The van der Waals surface area contributed by atoms with E-state index in [1.54, 1.807) is 6.08 Å². The number of nitrogens with one attached hydrogen (secondary N) is 1. The van der Waals surface area contributed by atoms with Crippen molar-refractivity contribution in [3.8, 4) is 5.69 Å². The Balaban J connectivity index is 2.23. The Kier molecular flexibility index (Phi) is 2.21. The van der Waals surface area contributed by atoms with Crippen LogP contribution >= 0.6 is 0 Å². The van der Waals surface area contributed by atoms with Gasteiger partial charge in [0.15, 0.2) is 6.26 Å². The monoisotopic (exact) mass is 230 g/mol. The Morgan fingerprint density at radius 3 is 2.82 bits per heavy atom. The molecule has 0 spiro atoms. The van der Waals surface area contributed by atoms with E-state index in [1.165, 1.54) is 6.26 Å². The minimum atomic E-state index is -0.327. The van der Waals surface area contributed by atoms with Crippen molar-refractivity contribution in [2.24, 2.45) is 7.05 Å². The second-order valence-electron chi connectivity index (χ2n) is 3.87. The van der Waals surface area contributed by atoms with Crippen molar-refractivity contribution in [3.63, 3.8) is 0 Å². The topological polar surface area (TPSA) is 45.5 Å². The van der Waals surface area contributed by atoms with E-state index in [-0.39, 0.29) is 5.23 Å². The highest BCUT2D eigenvalue weighted by molar-refractivity contribution is 5.54. The zero-order chi connectivity index (χ0) is 11.8. The van der Waals surface area contributed by atoms with Gasteiger partial charge in [-0.1, -0.05) is 18.2 Å². The Morgan fingerprint density at radius 2 is 2.06 bits per heavy atom. The Hall–Kier alpha value is -2.11. The molecule has 1 aliphatic heterocycles. The molecule has 5 nitrogen and oxygen atoms in total. The van der Waals surface area contributed by atoms with E-state index in [1.807, 2.05) is 52.8 Å². The normalized spacial score (nSPS) is 17.6. The minimum absolute atomic E-state index is 0.327. The van der Waals surface area contributed by atoms with Crippen LogP contribution in [0, 0.1) is 5.21 Å². The predicted molar refractivity (Wildman–Crippen MR) is 61.1 cm³/mol. The van der Waals surface area contributed by atoms with Gasteiger partial charge >= 0.3 is 5.82 Å². The first-order valence-electron chi connectivity index (χ1n) is 5.31. The van der Waals surface area contributed by atoms with Crippen LogP contribution in [0.4, 0.5) is 5.82 Å². The zero-order valence-electron chi connectivity index (χ0n) is 9.33. The smallest absolute Gasteiger partial charge is 0.385 e. The molecule has 17 heavy (non-hydrogen) atoms. The summed E-state index contributed by atoms with van der Waals surface area (Å²) in [7, 11) is 1.90. The van der Waals surface area contributed by atoms with Crippen molar-refractivity contribution >= 4 is 11.9 Å². The van der Waals surface area contributed by atoms with E-state index < -0.39 is 0 Å². The van der Waals surface area contributed by atoms with Gasteiger partial charge in [0.2, 0.25) is 5.69 Å². The number of imidazole rings is 1. The van der Waals surface area contributed by atoms with Gasteiger partial charge < -0.3 is 10.0 Å². The van der Waals surface area contributed by atoms with Crippen molar-refractivity contribution in [2.45, 2.75) is 0 Å². The Labute approximate surface area is 98.3 Å². The molecule has 0 bridgehead atoms. The summed E-state index contributed by atoms with van der Waals surface area (Å²) in [6, 6.07) is 9.72. The molecule has 1 aromatic carbocycles. The lowest BCUT2D eigenvalue weighted by Gasteiger charge is -2.17. The van der Waals surface area contributed by atoms with Gasteiger partial charge in [-0.2, -0.15) is 0 Å². The van der Waals surface area contributed by atoms with Gasteiger partial charge in [0.25, 0.3) is 6.33 Å². The number of fused-ring (bicyclic) bond motifs is 1. The average molecular weight is 230 g/mol. The van der Waals surface area contributed by atoms with Gasteiger partial charge in [-0.05, 0) is 12.1 Å². The zero-order valence-corrected chi connectivity index (χ0v) is 9.33. The number of hydrogen-bond donors (Lipinski definition) is 1. The third kappa shape index (κ3) is 1.52. The minimum Gasteiger partial charge on any atom is -0.583 e. The molecule has 0 saturated carbocycles. The van der Waals surface area contributed by atoms with Crippen LogP contribution < -0.4 is 9.79 Å². The summed E-state index contributed by atoms with van der Waals surface area (Å²) in [4.78, 5) is 4.93. The largest absolute Gasteiger partial charge is 0.583 e. The number of benzene rings is 1. The number of rotatable bonds is 1. The van der Waals surface area contributed by atoms with E-state index in [2.05, 4.69) is 0 Å². The number of hydrogen-bond acceptors (Lipinski definition) is 2. The van der Waals surface area contributed by atoms with E-state index in [0.717, 1.165) is 11.4 Å². The molecule has 2 heterocycles. The third-order valence-electron chi connectivity index (χ3n) is 2.78. The van der Waals surface area contributed by atoms with Crippen LogP contribution in [0.5, 0.6) is 0 Å². The van der Waals surface area contributed by atoms with Crippen LogP contribution in [-0.2, 0) is 11.9 Å². The molecule has 1 N–H and O–H groups in total. The molecule has 0 radical (unpaired) electrons. The quantitative estimate of drug-likeness (QED) is 0.563. The summed E-state index contributed by atoms with van der Waals surface area (Å²) < 4.78 is 3.74.